The largest absolute Gasteiger partial charge is 0.336 e. The number of rotatable bonds is 3. The number of thiol groups is 1. The average molecular weight is 196 g/mol. The highest BCUT2D eigenvalue weighted by molar-refractivity contribution is 7.80. The summed E-state index contributed by atoms with van der Waals surface area (Å²) in [6.45, 7) is 1.49. The fourth-order valence-electron chi connectivity index (χ4n) is 0.974. The van der Waals surface area contributed by atoms with Gasteiger partial charge in [-0.05, 0) is 10.4 Å². The molecular formula is C6H8N6S. The first-order chi connectivity index (χ1) is 6.36. The van der Waals surface area contributed by atoms with Gasteiger partial charge in [-0.1, -0.05) is 0 Å². The molecule has 2 heterocycles. The van der Waals surface area contributed by atoms with Crippen LogP contribution >= 0.6 is 12.6 Å². The van der Waals surface area contributed by atoms with E-state index in [4.69, 9.17) is 0 Å². The maximum Gasteiger partial charge on any atom is 0.206 e. The molecule has 7 heteroatoms. The number of hydrogen-bond donors (Lipinski definition) is 1. The van der Waals surface area contributed by atoms with Gasteiger partial charge in [-0.25, -0.2) is 9.67 Å². The third kappa shape index (κ3) is 1.86. The standard InChI is InChI=1S/C6H8N6S/c13-6-8-9-10-12(6)4-3-11-2-1-7-5-11/h1-2,5H,3-4H2,(H,8,10,13). The summed E-state index contributed by atoms with van der Waals surface area (Å²) in [5, 5.41) is 11.4. The predicted octanol–water partition coefficient (Wildman–Crippen LogP) is -0.141. The molecular weight excluding hydrogens is 188 g/mol. The monoisotopic (exact) mass is 196 g/mol. The fourth-order valence-corrected chi connectivity index (χ4v) is 1.15. The molecule has 0 radical (unpaired) electrons. The van der Waals surface area contributed by atoms with Gasteiger partial charge in [-0.15, -0.1) is 17.7 Å². The highest BCUT2D eigenvalue weighted by atomic mass is 32.1. The molecule has 2 aromatic rings. The summed E-state index contributed by atoms with van der Waals surface area (Å²) in [5.74, 6) is 0. The summed E-state index contributed by atoms with van der Waals surface area (Å²) in [6, 6.07) is 0. The lowest BCUT2D eigenvalue weighted by Gasteiger charge is -2.01. The van der Waals surface area contributed by atoms with E-state index >= 15 is 0 Å². The van der Waals surface area contributed by atoms with E-state index in [-0.39, 0.29) is 0 Å². The fraction of sp³-hybridized carbons (Fsp3) is 0.333. The molecule has 6 nitrogen and oxygen atoms in total. The Morgan fingerprint density at radius 1 is 1.38 bits per heavy atom. The molecule has 0 fully saturated rings. The number of nitrogens with zero attached hydrogens (tertiary/aromatic N) is 6. The van der Waals surface area contributed by atoms with Crippen molar-refractivity contribution in [1.82, 2.24) is 29.8 Å². The molecule has 0 saturated heterocycles. The summed E-state index contributed by atoms with van der Waals surface area (Å²) < 4.78 is 3.58. The van der Waals surface area contributed by atoms with Crippen LogP contribution in [0.1, 0.15) is 0 Å². The van der Waals surface area contributed by atoms with Crippen LogP contribution in [0.5, 0.6) is 0 Å². The van der Waals surface area contributed by atoms with Crippen molar-refractivity contribution in [2.24, 2.45) is 0 Å². The van der Waals surface area contributed by atoms with Gasteiger partial charge in [0.15, 0.2) is 0 Å². The first-order valence-corrected chi connectivity index (χ1v) is 4.22. The van der Waals surface area contributed by atoms with E-state index in [0.717, 1.165) is 6.54 Å². The topological polar surface area (TPSA) is 61.4 Å². The lowest BCUT2D eigenvalue weighted by Crippen LogP contribution is -2.07. The van der Waals surface area contributed by atoms with E-state index in [1.165, 1.54) is 0 Å². The lowest BCUT2D eigenvalue weighted by molar-refractivity contribution is 0.490. The van der Waals surface area contributed by atoms with Crippen molar-refractivity contribution in [2.75, 3.05) is 0 Å². The SMILES string of the molecule is Sc1nnnn1CCn1ccnc1. The smallest absolute Gasteiger partial charge is 0.206 e. The van der Waals surface area contributed by atoms with Gasteiger partial charge in [0.05, 0.1) is 12.9 Å². The molecule has 13 heavy (non-hydrogen) atoms. The molecule has 0 saturated carbocycles. The maximum absolute atomic E-state index is 4.08. The van der Waals surface area contributed by atoms with Crippen molar-refractivity contribution in [3.63, 3.8) is 0 Å². The molecule has 0 N–H and O–H groups in total. The molecule has 0 aliphatic rings. The Morgan fingerprint density at radius 3 is 2.92 bits per heavy atom. The van der Waals surface area contributed by atoms with Gasteiger partial charge in [-0.2, -0.15) is 0 Å². The number of aromatic nitrogens is 6. The molecule has 0 unspecified atom stereocenters. The molecule has 0 amide bonds. The van der Waals surface area contributed by atoms with Crippen molar-refractivity contribution >= 4 is 12.6 Å². The third-order valence-electron chi connectivity index (χ3n) is 1.64. The van der Waals surface area contributed by atoms with Crippen LogP contribution in [0.3, 0.4) is 0 Å². The Balaban J connectivity index is 1.97. The van der Waals surface area contributed by atoms with Crippen LogP contribution in [0.2, 0.25) is 0 Å². The Morgan fingerprint density at radius 2 is 2.31 bits per heavy atom. The molecule has 0 aliphatic heterocycles. The molecule has 2 aromatic heterocycles. The van der Waals surface area contributed by atoms with Crippen molar-refractivity contribution in [3.8, 4) is 0 Å². The van der Waals surface area contributed by atoms with Crippen molar-refractivity contribution < 1.29 is 0 Å². The summed E-state index contributed by atoms with van der Waals surface area (Å²) in [7, 11) is 0. The van der Waals surface area contributed by atoms with Gasteiger partial charge in [-0.3, -0.25) is 0 Å². The zero-order valence-electron chi connectivity index (χ0n) is 6.78. The number of aryl methyl sites for hydroxylation is 2. The first kappa shape index (κ1) is 8.24. The third-order valence-corrected chi connectivity index (χ3v) is 1.96. The van der Waals surface area contributed by atoms with Crippen LogP contribution in [0.4, 0.5) is 0 Å². The van der Waals surface area contributed by atoms with E-state index in [0.29, 0.717) is 11.7 Å². The van der Waals surface area contributed by atoms with Gasteiger partial charge in [0.25, 0.3) is 0 Å². The summed E-state index contributed by atoms with van der Waals surface area (Å²) in [6.07, 6.45) is 5.38. The quantitative estimate of drug-likeness (QED) is 0.694. The van der Waals surface area contributed by atoms with Crippen LogP contribution in [-0.4, -0.2) is 29.8 Å². The Kier molecular flexibility index (Phi) is 2.26. The second kappa shape index (κ2) is 3.56. The normalized spacial score (nSPS) is 10.5. The molecule has 68 valence electrons. The van der Waals surface area contributed by atoms with E-state index in [1.54, 1.807) is 17.2 Å². The minimum Gasteiger partial charge on any atom is -0.336 e. The molecule has 0 spiro atoms. The predicted molar refractivity (Wildman–Crippen MR) is 47.3 cm³/mol. The highest BCUT2D eigenvalue weighted by Crippen LogP contribution is 1.97. The van der Waals surface area contributed by atoms with Crippen molar-refractivity contribution in [3.05, 3.63) is 18.7 Å². The minimum absolute atomic E-state index is 0.528. The summed E-state index contributed by atoms with van der Waals surface area (Å²) in [5.41, 5.74) is 0. The molecule has 0 atom stereocenters. The van der Waals surface area contributed by atoms with Gasteiger partial charge >= 0.3 is 0 Å². The molecule has 0 aliphatic carbocycles. The first-order valence-electron chi connectivity index (χ1n) is 3.77. The Hall–Kier alpha value is -1.37. The Bertz CT molecular complexity index is 366. The summed E-state index contributed by atoms with van der Waals surface area (Å²) >= 11 is 4.08. The second-order valence-corrected chi connectivity index (χ2v) is 2.90. The number of imidazole rings is 1. The lowest BCUT2D eigenvalue weighted by atomic mass is 10.6. The zero-order chi connectivity index (χ0) is 9.10. The van der Waals surface area contributed by atoms with Gasteiger partial charge in [0, 0.05) is 18.9 Å². The molecule has 2 rings (SSSR count). The summed E-state index contributed by atoms with van der Waals surface area (Å²) in [4.78, 5) is 3.93. The zero-order valence-corrected chi connectivity index (χ0v) is 7.67. The number of tetrazole rings is 1. The van der Waals surface area contributed by atoms with Crippen LogP contribution in [0.25, 0.3) is 0 Å². The van der Waals surface area contributed by atoms with Crippen molar-refractivity contribution in [1.29, 1.82) is 0 Å². The van der Waals surface area contributed by atoms with E-state index in [2.05, 4.69) is 33.1 Å². The van der Waals surface area contributed by atoms with Gasteiger partial charge < -0.3 is 4.57 Å². The van der Waals surface area contributed by atoms with Crippen LogP contribution in [-0.2, 0) is 13.1 Å². The highest BCUT2D eigenvalue weighted by Gasteiger charge is 1.99. The van der Waals surface area contributed by atoms with Gasteiger partial charge in [0.1, 0.15) is 0 Å². The molecule has 0 aromatic carbocycles. The average Bonchev–Trinajstić information content (AvgIpc) is 2.72. The van der Waals surface area contributed by atoms with Crippen LogP contribution < -0.4 is 0 Å². The number of hydrogen-bond acceptors (Lipinski definition) is 5. The Labute approximate surface area is 80.0 Å². The molecule has 0 bridgehead atoms. The van der Waals surface area contributed by atoms with E-state index < -0.39 is 0 Å². The second-order valence-electron chi connectivity index (χ2n) is 2.50. The van der Waals surface area contributed by atoms with Crippen molar-refractivity contribution in [2.45, 2.75) is 18.2 Å². The van der Waals surface area contributed by atoms with E-state index in [9.17, 15) is 0 Å². The van der Waals surface area contributed by atoms with Gasteiger partial charge in [0.2, 0.25) is 5.16 Å². The minimum atomic E-state index is 0.528. The van der Waals surface area contributed by atoms with Crippen LogP contribution in [0, 0.1) is 0 Å². The van der Waals surface area contributed by atoms with E-state index in [1.807, 2.05) is 10.8 Å². The maximum atomic E-state index is 4.08. The van der Waals surface area contributed by atoms with Crippen LogP contribution in [0.15, 0.2) is 23.9 Å².